The van der Waals surface area contributed by atoms with Crippen LogP contribution < -0.4 is 10.7 Å². The summed E-state index contributed by atoms with van der Waals surface area (Å²) >= 11 is 0. The van der Waals surface area contributed by atoms with Crippen molar-refractivity contribution in [3.05, 3.63) is 59.9 Å². The van der Waals surface area contributed by atoms with Gasteiger partial charge in [-0.05, 0) is 43.5 Å². The van der Waals surface area contributed by atoms with Crippen molar-refractivity contribution in [3.63, 3.8) is 0 Å². The standard InChI is InChI=1S/C22H27N5O3/c1-3-22(16-9-5-4-6-10-16)20(29)27(21(30)23-22)24-19(28)15-26-14-8-12-18(26)17-11-7-13-25(17)2/h4-7,9-11,13,18H,3,8,12,14-15H2,1-2H3,(H,23,30)(H,24,28)/t18-,22+/m0/s1. The Morgan fingerprint density at radius 3 is 2.63 bits per heavy atom. The van der Waals surface area contributed by atoms with Crippen molar-refractivity contribution in [2.75, 3.05) is 13.1 Å². The maximum absolute atomic E-state index is 13.1. The van der Waals surface area contributed by atoms with Crippen molar-refractivity contribution < 1.29 is 14.4 Å². The molecule has 4 amide bonds. The Balaban J connectivity index is 1.46. The molecule has 1 aromatic carbocycles. The van der Waals surface area contributed by atoms with E-state index in [4.69, 9.17) is 0 Å². The zero-order chi connectivity index (χ0) is 21.3. The maximum Gasteiger partial charge on any atom is 0.344 e. The number of aromatic nitrogens is 1. The summed E-state index contributed by atoms with van der Waals surface area (Å²) in [6, 6.07) is 12.7. The Labute approximate surface area is 175 Å². The van der Waals surface area contributed by atoms with Crippen molar-refractivity contribution in [3.8, 4) is 0 Å². The molecule has 8 nitrogen and oxygen atoms in total. The molecule has 30 heavy (non-hydrogen) atoms. The number of carbonyl (C=O) groups is 3. The largest absolute Gasteiger partial charge is 0.353 e. The van der Waals surface area contributed by atoms with E-state index in [1.54, 1.807) is 0 Å². The van der Waals surface area contributed by atoms with E-state index in [0.29, 0.717) is 12.0 Å². The van der Waals surface area contributed by atoms with Crippen LogP contribution in [0.25, 0.3) is 0 Å². The van der Waals surface area contributed by atoms with E-state index in [-0.39, 0.29) is 18.5 Å². The molecule has 2 saturated heterocycles. The fourth-order valence-corrected chi connectivity index (χ4v) is 4.55. The first-order valence-electron chi connectivity index (χ1n) is 10.3. The minimum Gasteiger partial charge on any atom is -0.353 e. The minimum atomic E-state index is -1.16. The van der Waals surface area contributed by atoms with Gasteiger partial charge in [-0.2, -0.15) is 5.01 Å². The number of aryl methyl sites for hydroxylation is 1. The molecule has 2 aliphatic heterocycles. The molecule has 0 spiro atoms. The number of hydrogen-bond acceptors (Lipinski definition) is 4. The monoisotopic (exact) mass is 409 g/mol. The molecule has 2 fully saturated rings. The molecule has 0 saturated carbocycles. The van der Waals surface area contributed by atoms with Gasteiger partial charge in [-0.25, -0.2) is 4.79 Å². The number of hydrogen-bond donors (Lipinski definition) is 2. The summed E-state index contributed by atoms with van der Waals surface area (Å²) < 4.78 is 2.06. The van der Waals surface area contributed by atoms with Gasteiger partial charge in [0.25, 0.3) is 11.8 Å². The van der Waals surface area contributed by atoms with Crippen LogP contribution in [0.5, 0.6) is 0 Å². The molecule has 0 bridgehead atoms. The molecule has 2 aromatic rings. The lowest BCUT2D eigenvalue weighted by Gasteiger charge is -2.27. The Morgan fingerprint density at radius 2 is 1.97 bits per heavy atom. The van der Waals surface area contributed by atoms with E-state index >= 15 is 0 Å². The second-order valence-electron chi connectivity index (χ2n) is 7.90. The Kier molecular flexibility index (Phi) is 5.34. The first kappa shape index (κ1) is 20.2. The number of imide groups is 1. The molecule has 2 atom stereocenters. The lowest BCUT2D eigenvalue weighted by Crippen LogP contribution is -2.51. The second kappa shape index (κ2) is 7.95. The van der Waals surface area contributed by atoms with E-state index in [9.17, 15) is 14.4 Å². The normalized spacial score (nSPS) is 24.3. The summed E-state index contributed by atoms with van der Waals surface area (Å²) in [5, 5.41) is 3.60. The molecule has 1 aromatic heterocycles. The first-order chi connectivity index (χ1) is 14.5. The van der Waals surface area contributed by atoms with Crippen LogP contribution in [0.1, 0.15) is 43.5 Å². The summed E-state index contributed by atoms with van der Waals surface area (Å²) in [6.45, 7) is 2.76. The smallest absolute Gasteiger partial charge is 0.344 e. The predicted molar refractivity (Wildman–Crippen MR) is 111 cm³/mol. The van der Waals surface area contributed by atoms with Crippen molar-refractivity contribution in [1.29, 1.82) is 0 Å². The predicted octanol–water partition coefficient (Wildman–Crippen LogP) is 2.05. The summed E-state index contributed by atoms with van der Waals surface area (Å²) in [5.41, 5.74) is 3.22. The van der Waals surface area contributed by atoms with Gasteiger partial charge < -0.3 is 9.88 Å². The second-order valence-corrected chi connectivity index (χ2v) is 7.90. The highest BCUT2D eigenvalue weighted by atomic mass is 16.2. The Hall–Kier alpha value is -3.13. The van der Waals surface area contributed by atoms with Gasteiger partial charge in [0, 0.05) is 18.9 Å². The number of benzene rings is 1. The molecule has 8 heteroatoms. The highest BCUT2D eigenvalue weighted by Crippen LogP contribution is 2.33. The van der Waals surface area contributed by atoms with Crippen LogP contribution in [0.4, 0.5) is 4.79 Å². The Morgan fingerprint density at radius 1 is 1.20 bits per heavy atom. The zero-order valence-corrected chi connectivity index (χ0v) is 17.3. The van der Waals surface area contributed by atoms with Crippen LogP contribution in [0.2, 0.25) is 0 Å². The molecular formula is C22H27N5O3. The van der Waals surface area contributed by atoms with Crippen LogP contribution in [0.15, 0.2) is 48.7 Å². The van der Waals surface area contributed by atoms with Gasteiger partial charge in [-0.15, -0.1) is 0 Å². The number of amides is 4. The van der Waals surface area contributed by atoms with Crippen LogP contribution in [-0.4, -0.2) is 45.4 Å². The quantitative estimate of drug-likeness (QED) is 0.715. The SMILES string of the molecule is CC[C@]1(c2ccccc2)NC(=O)N(NC(=O)CN2CCC[C@H]2c2cccn2C)C1=O. The van der Waals surface area contributed by atoms with E-state index < -0.39 is 17.5 Å². The summed E-state index contributed by atoms with van der Waals surface area (Å²) in [5.74, 6) is -0.838. The average Bonchev–Trinajstić information content (AvgIpc) is 3.43. The number of hydrazine groups is 1. The average molecular weight is 409 g/mol. The van der Waals surface area contributed by atoms with E-state index in [1.165, 1.54) is 0 Å². The minimum absolute atomic E-state index is 0.122. The van der Waals surface area contributed by atoms with Gasteiger partial charge in [0.1, 0.15) is 5.54 Å². The lowest BCUT2D eigenvalue weighted by molar-refractivity contribution is -0.140. The van der Waals surface area contributed by atoms with Crippen LogP contribution in [0.3, 0.4) is 0 Å². The van der Waals surface area contributed by atoms with Crippen molar-refractivity contribution in [2.24, 2.45) is 7.05 Å². The molecule has 0 unspecified atom stereocenters. The van der Waals surface area contributed by atoms with Gasteiger partial charge in [0.15, 0.2) is 0 Å². The number of likely N-dealkylation sites (tertiary alicyclic amines) is 1. The molecular weight excluding hydrogens is 382 g/mol. The number of nitrogens with one attached hydrogen (secondary N) is 2. The highest BCUT2D eigenvalue weighted by molar-refractivity contribution is 6.08. The summed E-state index contributed by atoms with van der Waals surface area (Å²) in [6.07, 6.45) is 4.35. The number of rotatable bonds is 6. The third-order valence-corrected chi connectivity index (χ3v) is 6.16. The van der Waals surface area contributed by atoms with Crippen molar-refractivity contribution in [1.82, 2.24) is 25.2 Å². The third kappa shape index (κ3) is 3.37. The first-order valence-corrected chi connectivity index (χ1v) is 10.3. The number of carbonyl (C=O) groups excluding carboxylic acids is 3. The molecule has 0 aliphatic carbocycles. The summed E-state index contributed by atoms with van der Waals surface area (Å²) in [4.78, 5) is 40.6. The lowest BCUT2D eigenvalue weighted by atomic mass is 9.87. The van der Waals surface area contributed by atoms with Gasteiger partial charge in [0.05, 0.1) is 12.6 Å². The van der Waals surface area contributed by atoms with E-state index in [2.05, 4.69) is 26.3 Å². The van der Waals surface area contributed by atoms with Gasteiger partial charge in [0.2, 0.25) is 0 Å². The number of nitrogens with zero attached hydrogens (tertiary/aromatic N) is 3. The molecule has 158 valence electrons. The molecule has 4 rings (SSSR count). The molecule has 2 N–H and O–H groups in total. The maximum atomic E-state index is 13.1. The van der Waals surface area contributed by atoms with E-state index in [0.717, 1.165) is 30.1 Å². The summed E-state index contributed by atoms with van der Waals surface area (Å²) in [7, 11) is 1.99. The van der Waals surface area contributed by atoms with Crippen molar-refractivity contribution >= 4 is 17.8 Å². The third-order valence-electron chi connectivity index (χ3n) is 6.16. The highest BCUT2D eigenvalue weighted by Gasteiger charge is 2.52. The van der Waals surface area contributed by atoms with Gasteiger partial charge in [-0.3, -0.25) is 19.9 Å². The fourth-order valence-electron chi connectivity index (χ4n) is 4.55. The van der Waals surface area contributed by atoms with Crippen LogP contribution in [-0.2, 0) is 22.2 Å². The van der Waals surface area contributed by atoms with E-state index in [1.807, 2.05) is 56.6 Å². The molecule has 3 heterocycles. The van der Waals surface area contributed by atoms with Gasteiger partial charge in [-0.1, -0.05) is 37.3 Å². The zero-order valence-electron chi connectivity index (χ0n) is 17.3. The topological polar surface area (TPSA) is 86.7 Å². The molecule has 0 radical (unpaired) electrons. The van der Waals surface area contributed by atoms with Gasteiger partial charge >= 0.3 is 6.03 Å². The molecule has 2 aliphatic rings. The number of urea groups is 1. The van der Waals surface area contributed by atoms with Crippen molar-refractivity contribution in [2.45, 2.75) is 37.8 Å². The van der Waals surface area contributed by atoms with Crippen LogP contribution >= 0.6 is 0 Å². The Bertz CT molecular complexity index is 957. The van der Waals surface area contributed by atoms with Crippen LogP contribution in [0, 0.1) is 0 Å². The fraction of sp³-hybridized carbons (Fsp3) is 0.409.